The molecule has 3 aromatic rings. The molecular weight excluding hydrogens is 324 g/mol. The number of aromatic nitrogens is 3. The van der Waals surface area contributed by atoms with Crippen LogP contribution in [0.15, 0.2) is 49.1 Å². The minimum atomic E-state index is -0.583. The number of hydrogen-bond donors (Lipinski definition) is 0. The van der Waals surface area contributed by atoms with Gasteiger partial charge < -0.3 is 0 Å². The Bertz CT molecular complexity index is 1010. The summed E-state index contributed by atoms with van der Waals surface area (Å²) in [6.07, 6.45) is 7.11. The van der Waals surface area contributed by atoms with Crippen LogP contribution in [0.4, 0.5) is 11.4 Å². The zero-order valence-electron chi connectivity index (χ0n) is 15.3. The lowest BCUT2D eigenvalue weighted by Crippen LogP contribution is -2.33. The van der Waals surface area contributed by atoms with Crippen LogP contribution in [-0.2, 0) is 10.2 Å². The number of fused-ring (bicyclic) bond motifs is 1. The number of pyridine rings is 1. The highest BCUT2D eigenvalue weighted by Crippen LogP contribution is 2.47. The van der Waals surface area contributed by atoms with Gasteiger partial charge in [-0.15, -0.1) is 0 Å². The molecule has 26 heavy (non-hydrogen) atoms. The van der Waals surface area contributed by atoms with Crippen molar-refractivity contribution in [1.29, 1.82) is 0 Å². The first-order valence-corrected chi connectivity index (χ1v) is 8.58. The lowest BCUT2D eigenvalue weighted by atomic mass is 9.85. The van der Waals surface area contributed by atoms with Crippen molar-refractivity contribution in [3.63, 3.8) is 0 Å². The van der Waals surface area contributed by atoms with Gasteiger partial charge in [0.15, 0.2) is 0 Å². The van der Waals surface area contributed by atoms with Crippen LogP contribution in [-0.4, -0.2) is 20.9 Å². The average molecular weight is 344 g/mol. The highest BCUT2D eigenvalue weighted by molar-refractivity contribution is 6.13. The van der Waals surface area contributed by atoms with Crippen LogP contribution in [0.5, 0.6) is 0 Å². The van der Waals surface area contributed by atoms with Crippen LogP contribution in [0, 0.1) is 13.8 Å². The third kappa shape index (κ3) is 2.39. The van der Waals surface area contributed by atoms with Crippen molar-refractivity contribution in [2.24, 2.45) is 0 Å². The number of carbonyl (C=O) groups is 1. The number of carbonyl (C=O) groups excluding carboxylic acids is 1. The number of benzene rings is 1. The van der Waals surface area contributed by atoms with Crippen molar-refractivity contribution < 1.29 is 4.79 Å². The van der Waals surface area contributed by atoms with E-state index in [0.717, 1.165) is 39.5 Å². The van der Waals surface area contributed by atoms with E-state index in [2.05, 4.69) is 15.0 Å². The van der Waals surface area contributed by atoms with E-state index >= 15 is 0 Å². The first-order valence-electron chi connectivity index (χ1n) is 8.58. The topological polar surface area (TPSA) is 59.0 Å². The Labute approximate surface area is 152 Å². The Morgan fingerprint density at radius 2 is 1.65 bits per heavy atom. The monoisotopic (exact) mass is 344 g/mol. The number of nitrogens with zero attached hydrogens (tertiary/aromatic N) is 4. The van der Waals surface area contributed by atoms with E-state index < -0.39 is 5.41 Å². The molecule has 130 valence electrons. The molecule has 0 N–H and O–H groups in total. The van der Waals surface area contributed by atoms with Crippen LogP contribution < -0.4 is 4.90 Å². The molecule has 2 aromatic heterocycles. The number of amides is 1. The minimum absolute atomic E-state index is 0.0564. The molecule has 0 unspecified atom stereocenters. The zero-order valence-corrected chi connectivity index (χ0v) is 15.3. The molecule has 5 nitrogen and oxygen atoms in total. The Morgan fingerprint density at radius 3 is 2.35 bits per heavy atom. The Balaban J connectivity index is 1.91. The zero-order chi connectivity index (χ0) is 18.5. The van der Waals surface area contributed by atoms with Crippen molar-refractivity contribution in [3.8, 4) is 11.1 Å². The molecule has 0 bridgehead atoms. The second-order valence-corrected chi connectivity index (χ2v) is 7.18. The van der Waals surface area contributed by atoms with Crippen molar-refractivity contribution in [3.05, 3.63) is 66.0 Å². The maximum Gasteiger partial charge on any atom is 0.241 e. The van der Waals surface area contributed by atoms with E-state index in [0.29, 0.717) is 0 Å². The van der Waals surface area contributed by atoms with Gasteiger partial charge in [-0.05, 0) is 56.5 Å². The van der Waals surface area contributed by atoms with E-state index in [1.54, 1.807) is 17.3 Å². The molecule has 0 saturated carbocycles. The lowest BCUT2D eigenvalue weighted by Gasteiger charge is -2.21. The molecule has 0 spiro atoms. The maximum absolute atomic E-state index is 13.2. The van der Waals surface area contributed by atoms with E-state index in [1.165, 1.54) is 0 Å². The predicted octanol–water partition coefficient (Wildman–Crippen LogP) is 4.11. The summed E-state index contributed by atoms with van der Waals surface area (Å²) < 4.78 is 0. The van der Waals surface area contributed by atoms with Gasteiger partial charge in [0.05, 0.1) is 23.0 Å². The Morgan fingerprint density at radius 1 is 0.923 bits per heavy atom. The van der Waals surface area contributed by atoms with Crippen molar-refractivity contribution in [1.82, 2.24) is 15.0 Å². The molecule has 0 fully saturated rings. The van der Waals surface area contributed by atoms with Gasteiger partial charge in [-0.3, -0.25) is 14.7 Å². The second kappa shape index (κ2) is 5.73. The van der Waals surface area contributed by atoms with Crippen LogP contribution in [0.3, 0.4) is 0 Å². The van der Waals surface area contributed by atoms with Gasteiger partial charge in [-0.25, -0.2) is 9.97 Å². The maximum atomic E-state index is 13.2. The van der Waals surface area contributed by atoms with E-state index in [9.17, 15) is 4.79 Å². The summed E-state index contributed by atoms with van der Waals surface area (Å²) in [7, 11) is 0. The van der Waals surface area contributed by atoms with Gasteiger partial charge in [-0.2, -0.15) is 0 Å². The van der Waals surface area contributed by atoms with Gasteiger partial charge in [0.25, 0.3) is 0 Å². The average Bonchev–Trinajstić information content (AvgIpc) is 2.82. The first kappa shape index (κ1) is 16.4. The van der Waals surface area contributed by atoms with Crippen LogP contribution in [0.25, 0.3) is 11.1 Å². The third-order valence-corrected chi connectivity index (χ3v) is 5.02. The molecule has 4 rings (SSSR count). The Kier molecular flexibility index (Phi) is 3.61. The SMILES string of the molecule is Cc1ncc(-c2ccc3c(c2)N(c2cnccc2C)C(=O)C3(C)C)cn1. The highest BCUT2D eigenvalue weighted by atomic mass is 16.2. The summed E-state index contributed by atoms with van der Waals surface area (Å²) >= 11 is 0. The van der Waals surface area contributed by atoms with Crippen molar-refractivity contribution in [2.75, 3.05) is 4.90 Å². The highest BCUT2D eigenvalue weighted by Gasteiger charge is 2.45. The number of aryl methyl sites for hydroxylation is 2. The normalized spacial score (nSPS) is 15.2. The molecule has 0 atom stereocenters. The van der Waals surface area contributed by atoms with Crippen molar-refractivity contribution >= 4 is 17.3 Å². The van der Waals surface area contributed by atoms with E-state index in [4.69, 9.17) is 0 Å². The number of rotatable bonds is 2. The van der Waals surface area contributed by atoms with Gasteiger partial charge in [0.1, 0.15) is 5.82 Å². The molecule has 1 aromatic carbocycles. The summed E-state index contributed by atoms with van der Waals surface area (Å²) in [5.41, 5.74) is 5.08. The third-order valence-electron chi connectivity index (χ3n) is 5.02. The fourth-order valence-electron chi connectivity index (χ4n) is 3.40. The number of anilines is 2. The minimum Gasteiger partial charge on any atom is -0.278 e. The molecule has 1 amide bonds. The molecule has 5 heteroatoms. The van der Waals surface area contributed by atoms with Crippen LogP contribution in [0.2, 0.25) is 0 Å². The quantitative estimate of drug-likeness (QED) is 0.702. The summed E-state index contributed by atoms with van der Waals surface area (Å²) in [6, 6.07) is 8.03. The molecule has 3 heterocycles. The van der Waals surface area contributed by atoms with Gasteiger partial charge in [0.2, 0.25) is 5.91 Å². The fraction of sp³-hybridized carbons (Fsp3) is 0.238. The summed E-state index contributed by atoms with van der Waals surface area (Å²) in [5, 5.41) is 0. The molecular formula is C21H20N4O. The van der Waals surface area contributed by atoms with E-state index in [-0.39, 0.29) is 5.91 Å². The predicted molar refractivity (Wildman–Crippen MR) is 101 cm³/mol. The summed E-state index contributed by atoms with van der Waals surface area (Å²) in [6.45, 7) is 7.79. The standard InChI is InChI=1S/C21H20N4O/c1-13-7-8-22-12-19(13)25-18-9-15(16-10-23-14(2)24-11-16)5-6-17(18)21(3,4)20(25)26/h5-12H,1-4H3. The summed E-state index contributed by atoms with van der Waals surface area (Å²) in [4.78, 5) is 27.8. The summed E-state index contributed by atoms with van der Waals surface area (Å²) in [5.74, 6) is 0.791. The van der Waals surface area contributed by atoms with Crippen LogP contribution >= 0.6 is 0 Å². The molecule has 1 aliphatic heterocycles. The Hall–Kier alpha value is -3.08. The number of hydrogen-bond acceptors (Lipinski definition) is 4. The van der Waals surface area contributed by atoms with Gasteiger partial charge in [-0.1, -0.05) is 12.1 Å². The van der Waals surface area contributed by atoms with Crippen molar-refractivity contribution in [2.45, 2.75) is 33.1 Å². The molecule has 0 saturated heterocycles. The largest absolute Gasteiger partial charge is 0.278 e. The first-order chi connectivity index (χ1) is 12.4. The second-order valence-electron chi connectivity index (χ2n) is 7.18. The smallest absolute Gasteiger partial charge is 0.241 e. The van der Waals surface area contributed by atoms with E-state index in [1.807, 2.05) is 64.4 Å². The molecule has 1 aliphatic rings. The van der Waals surface area contributed by atoms with Gasteiger partial charge >= 0.3 is 0 Å². The lowest BCUT2D eigenvalue weighted by molar-refractivity contribution is -0.121. The van der Waals surface area contributed by atoms with Crippen LogP contribution in [0.1, 0.15) is 30.8 Å². The van der Waals surface area contributed by atoms with Gasteiger partial charge in [0, 0.05) is 24.2 Å². The fourth-order valence-corrected chi connectivity index (χ4v) is 3.40. The molecule has 0 radical (unpaired) electrons. The molecule has 0 aliphatic carbocycles.